The molecule has 1 aliphatic rings. The molecule has 0 atom stereocenters. The van der Waals surface area contributed by atoms with Crippen LogP contribution in [0.3, 0.4) is 0 Å². The van der Waals surface area contributed by atoms with Crippen LogP contribution in [0, 0.1) is 5.82 Å². The highest BCUT2D eigenvalue weighted by Crippen LogP contribution is 2.37. The fourth-order valence-electron chi connectivity index (χ4n) is 2.56. The maximum Gasteiger partial charge on any atom is 0.254 e. The van der Waals surface area contributed by atoms with Crippen LogP contribution in [0.1, 0.15) is 27.1 Å². The topological polar surface area (TPSA) is 76.7 Å². The zero-order valence-corrected chi connectivity index (χ0v) is 15.1. The molecule has 2 aromatic carbocycles. The Kier molecular flexibility index (Phi) is 6.13. The molecule has 0 spiro atoms. The average Bonchev–Trinajstić information content (AvgIpc) is 2.91. The number of hydrogen-bond acceptors (Lipinski definition) is 4. The quantitative estimate of drug-likeness (QED) is 0.767. The summed E-state index contributed by atoms with van der Waals surface area (Å²) < 4.78 is 24.6. The van der Waals surface area contributed by atoms with Crippen molar-refractivity contribution < 1.29 is 23.5 Å². The minimum absolute atomic E-state index is 0.0430. The number of hydrogen-bond donors (Lipinski definition) is 2. The standard InChI is InChI=1S/C19H18ClFN2O4/c20-14-10-12(11-16-17(14)27-9-3-8-26-16)18(24)22-6-7-23-19(25)13-4-1-2-5-15(13)21/h1-2,4-5,10-11H,3,6-9H2,(H,22,24)(H,23,25). The van der Waals surface area contributed by atoms with Gasteiger partial charge in [0.05, 0.1) is 23.8 Å². The van der Waals surface area contributed by atoms with Crippen molar-refractivity contribution in [2.45, 2.75) is 6.42 Å². The van der Waals surface area contributed by atoms with Crippen LogP contribution in [0.2, 0.25) is 5.02 Å². The largest absolute Gasteiger partial charge is 0.489 e. The summed E-state index contributed by atoms with van der Waals surface area (Å²) in [5.74, 6) is -0.643. The third-order valence-electron chi connectivity index (χ3n) is 3.88. The van der Waals surface area contributed by atoms with Crippen molar-refractivity contribution in [2.75, 3.05) is 26.3 Å². The predicted molar refractivity (Wildman–Crippen MR) is 98.1 cm³/mol. The van der Waals surface area contributed by atoms with E-state index in [1.165, 1.54) is 24.3 Å². The van der Waals surface area contributed by atoms with Gasteiger partial charge >= 0.3 is 0 Å². The van der Waals surface area contributed by atoms with E-state index in [4.69, 9.17) is 21.1 Å². The number of nitrogens with one attached hydrogen (secondary N) is 2. The molecule has 1 heterocycles. The Hall–Kier alpha value is -2.80. The molecule has 2 aromatic rings. The van der Waals surface area contributed by atoms with Gasteiger partial charge in [-0.1, -0.05) is 23.7 Å². The molecule has 6 nitrogen and oxygen atoms in total. The van der Waals surface area contributed by atoms with Gasteiger partial charge in [0.25, 0.3) is 11.8 Å². The summed E-state index contributed by atoms with van der Waals surface area (Å²) in [5.41, 5.74) is 0.281. The molecular formula is C19H18ClFN2O4. The van der Waals surface area contributed by atoms with Crippen LogP contribution in [0.15, 0.2) is 36.4 Å². The van der Waals surface area contributed by atoms with Crippen molar-refractivity contribution in [1.82, 2.24) is 10.6 Å². The number of halogens is 2. The lowest BCUT2D eigenvalue weighted by Crippen LogP contribution is -2.35. The van der Waals surface area contributed by atoms with Gasteiger partial charge in [0, 0.05) is 25.1 Å². The smallest absolute Gasteiger partial charge is 0.254 e. The van der Waals surface area contributed by atoms with Gasteiger partial charge in [-0.25, -0.2) is 4.39 Å². The molecule has 0 fully saturated rings. The molecule has 8 heteroatoms. The summed E-state index contributed by atoms with van der Waals surface area (Å²) in [4.78, 5) is 24.2. The lowest BCUT2D eigenvalue weighted by Gasteiger charge is -2.12. The Morgan fingerprint density at radius 3 is 2.52 bits per heavy atom. The van der Waals surface area contributed by atoms with E-state index in [1.54, 1.807) is 12.1 Å². The first-order chi connectivity index (χ1) is 13.1. The van der Waals surface area contributed by atoms with Crippen molar-refractivity contribution in [2.24, 2.45) is 0 Å². The second-order valence-electron chi connectivity index (χ2n) is 5.83. The highest BCUT2D eigenvalue weighted by atomic mass is 35.5. The van der Waals surface area contributed by atoms with Gasteiger partial charge in [0.15, 0.2) is 11.5 Å². The normalized spacial score (nSPS) is 12.8. The van der Waals surface area contributed by atoms with Crippen LogP contribution < -0.4 is 20.1 Å². The zero-order valence-electron chi connectivity index (χ0n) is 14.4. The Labute approximate surface area is 160 Å². The lowest BCUT2D eigenvalue weighted by atomic mass is 10.2. The van der Waals surface area contributed by atoms with Crippen LogP contribution in [-0.4, -0.2) is 38.1 Å². The molecule has 2 amide bonds. The van der Waals surface area contributed by atoms with Gasteiger partial charge < -0.3 is 20.1 Å². The molecular weight excluding hydrogens is 375 g/mol. The van der Waals surface area contributed by atoms with Crippen LogP contribution >= 0.6 is 11.6 Å². The van der Waals surface area contributed by atoms with E-state index in [0.717, 1.165) is 6.42 Å². The highest BCUT2D eigenvalue weighted by Gasteiger charge is 2.18. The molecule has 0 saturated heterocycles. The highest BCUT2D eigenvalue weighted by molar-refractivity contribution is 6.32. The lowest BCUT2D eigenvalue weighted by molar-refractivity contribution is 0.0925. The number of carbonyl (C=O) groups is 2. The summed E-state index contributed by atoms with van der Waals surface area (Å²) in [5, 5.41) is 5.52. The zero-order chi connectivity index (χ0) is 19.2. The van der Waals surface area contributed by atoms with E-state index >= 15 is 0 Å². The van der Waals surface area contributed by atoms with Crippen molar-refractivity contribution >= 4 is 23.4 Å². The van der Waals surface area contributed by atoms with Crippen LogP contribution in [-0.2, 0) is 0 Å². The van der Waals surface area contributed by atoms with E-state index in [0.29, 0.717) is 35.3 Å². The second kappa shape index (κ2) is 8.73. The number of carbonyl (C=O) groups excluding carboxylic acids is 2. The van der Waals surface area contributed by atoms with Crippen LogP contribution in [0.5, 0.6) is 11.5 Å². The van der Waals surface area contributed by atoms with Crippen LogP contribution in [0.25, 0.3) is 0 Å². The van der Waals surface area contributed by atoms with E-state index in [9.17, 15) is 14.0 Å². The Morgan fingerprint density at radius 2 is 1.74 bits per heavy atom. The SMILES string of the molecule is O=C(NCCNC(=O)c1ccccc1F)c1cc(Cl)c2c(c1)OCCCO2. The number of amides is 2. The van der Waals surface area contributed by atoms with E-state index in [1.807, 2.05) is 0 Å². The summed E-state index contributed by atoms with van der Waals surface area (Å²) in [6, 6.07) is 8.76. The van der Waals surface area contributed by atoms with Gasteiger partial charge in [-0.2, -0.15) is 0 Å². The molecule has 0 unspecified atom stereocenters. The van der Waals surface area contributed by atoms with Gasteiger partial charge in [-0.3, -0.25) is 9.59 Å². The molecule has 3 rings (SSSR count). The molecule has 0 aliphatic carbocycles. The maximum atomic E-state index is 13.5. The van der Waals surface area contributed by atoms with E-state index in [-0.39, 0.29) is 24.6 Å². The molecule has 0 radical (unpaired) electrons. The van der Waals surface area contributed by atoms with Crippen molar-refractivity contribution in [3.05, 3.63) is 58.4 Å². The monoisotopic (exact) mass is 392 g/mol. The van der Waals surface area contributed by atoms with E-state index < -0.39 is 11.7 Å². The van der Waals surface area contributed by atoms with Crippen LogP contribution in [0.4, 0.5) is 4.39 Å². The van der Waals surface area contributed by atoms with Gasteiger partial charge in [0.1, 0.15) is 5.82 Å². The molecule has 0 saturated carbocycles. The fraction of sp³-hybridized carbons (Fsp3) is 0.263. The Balaban J connectivity index is 1.54. The summed E-state index contributed by atoms with van der Waals surface area (Å²) in [6.07, 6.45) is 0.730. The molecule has 2 N–H and O–H groups in total. The van der Waals surface area contributed by atoms with Gasteiger partial charge in [-0.15, -0.1) is 0 Å². The third kappa shape index (κ3) is 4.68. The summed E-state index contributed by atoms with van der Waals surface area (Å²) >= 11 is 6.17. The number of rotatable bonds is 5. The third-order valence-corrected chi connectivity index (χ3v) is 4.16. The Morgan fingerprint density at radius 1 is 1.04 bits per heavy atom. The van der Waals surface area contributed by atoms with Gasteiger partial charge in [-0.05, 0) is 24.3 Å². The van der Waals surface area contributed by atoms with Crippen molar-refractivity contribution in [1.29, 1.82) is 0 Å². The maximum absolute atomic E-state index is 13.5. The van der Waals surface area contributed by atoms with Crippen molar-refractivity contribution in [3.63, 3.8) is 0 Å². The molecule has 142 valence electrons. The molecule has 1 aliphatic heterocycles. The van der Waals surface area contributed by atoms with E-state index in [2.05, 4.69) is 10.6 Å². The predicted octanol–water partition coefficient (Wildman–Crippen LogP) is 2.80. The number of fused-ring (bicyclic) bond motifs is 1. The number of benzene rings is 2. The summed E-state index contributed by atoms with van der Waals surface area (Å²) in [6.45, 7) is 1.30. The molecule has 0 aromatic heterocycles. The first kappa shape index (κ1) is 19.0. The minimum Gasteiger partial charge on any atom is -0.489 e. The summed E-state index contributed by atoms with van der Waals surface area (Å²) in [7, 11) is 0. The Bertz CT molecular complexity index is 860. The minimum atomic E-state index is -0.596. The first-order valence-corrected chi connectivity index (χ1v) is 8.84. The van der Waals surface area contributed by atoms with Crippen molar-refractivity contribution in [3.8, 4) is 11.5 Å². The fourth-order valence-corrected chi connectivity index (χ4v) is 2.82. The first-order valence-electron chi connectivity index (χ1n) is 8.46. The van der Waals surface area contributed by atoms with Gasteiger partial charge in [0.2, 0.25) is 0 Å². The molecule has 0 bridgehead atoms. The second-order valence-corrected chi connectivity index (χ2v) is 6.23. The average molecular weight is 393 g/mol. The number of ether oxygens (including phenoxy) is 2. The molecule has 27 heavy (non-hydrogen) atoms.